The molecule has 27 heavy (non-hydrogen) atoms. The van der Waals surface area contributed by atoms with Gasteiger partial charge in [0.2, 0.25) is 5.91 Å². The van der Waals surface area contributed by atoms with Gasteiger partial charge in [0.05, 0.1) is 0 Å². The highest BCUT2D eigenvalue weighted by Gasteiger charge is 2.39. The summed E-state index contributed by atoms with van der Waals surface area (Å²) in [6.07, 6.45) is 6.52. The lowest BCUT2D eigenvalue weighted by atomic mass is 9.61. The Kier molecular flexibility index (Phi) is 4.81. The molecule has 4 heteroatoms. The molecular formula is C23H27NO3. The number of carbonyl (C=O) groups excluding carboxylic acids is 1. The Bertz CT molecular complexity index is 843. The molecule has 4 N–H and O–H groups in total. The number of benzene rings is 2. The normalized spacial score (nSPS) is 24.1. The van der Waals surface area contributed by atoms with Crippen molar-refractivity contribution in [3.63, 3.8) is 0 Å². The van der Waals surface area contributed by atoms with Gasteiger partial charge in [0.25, 0.3) is 0 Å². The average molecular weight is 365 g/mol. The van der Waals surface area contributed by atoms with Crippen LogP contribution in [0, 0.1) is 5.92 Å². The molecule has 3 atom stereocenters. The number of hydrogen-bond acceptors (Lipinski definition) is 3. The van der Waals surface area contributed by atoms with Gasteiger partial charge in [-0.3, -0.25) is 4.79 Å². The molecule has 2 aliphatic carbocycles. The summed E-state index contributed by atoms with van der Waals surface area (Å²) in [5.41, 5.74) is 9.95. The molecule has 1 saturated carbocycles. The number of phenolic OH excluding ortho intramolecular Hbond substituents is 2. The van der Waals surface area contributed by atoms with E-state index in [1.807, 2.05) is 18.2 Å². The van der Waals surface area contributed by atoms with Crippen molar-refractivity contribution >= 4 is 5.91 Å². The van der Waals surface area contributed by atoms with Crippen LogP contribution < -0.4 is 5.73 Å². The quantitative estimate of drug-likeness (QED) is 0.762. The van der Waals surface area contributed by atoms with Crippen molar-refractivity contribution in [3.8, 4) is 11.5 Å². The highest BCUT2D eigenvalue weighted by atomic mass is 16.3. The summed E-state index contributed by atoms with van der Waals surface area (Å²) in [5.74, 6) is 1.72. The summed E-state index contributed by atoms with van der Waals surface area (Å²) in [7, 11) is 0. The molecule has 0 spiro atoms. The maximum absolute atomic E-state index is 11.1. The smallest absolute Gasteiger partial charge is 0.217 e. The number of hydrogen-bond donors (Lipinski definition) is 3. The molecule has 3 unspecified atom stereocenters. The topological polar surface area (TPSA) is 83.6 Å². The van der Waals surface area contributed by atoms with E-state index < -0.39 is 0 Å². The van der Waals surface area contributed by atoms with Gasteiger partial charge in [-0.05, 0) is 83.9 Å². The van der Waals surface area contributed by atoms with Gasteiger partial charge in [-0.25, -0.2) is 0 Å². The van der Waals surface area contributed by atoms with Gasteiger partial charge in [0.1, 0.15) is 11.5 Å². The molecular weight excluding hydrogens is 338 g/mol. The summed E-state index contributed by atoms with van der Waals surface area (Å²) in [6.45, 7) is 0. The second-order valence-electron chi connectivity index (χ2n) is 8.10. The van der Waals surface area contributed by atoms with Crippen LogP contribution in [0.2, 0.25) is 0 Å². The highest BCUT2D eigenvalue weighted by molar-refractivity contribution is 5.74. The predicted molar refractivity (Wildman–Crippen MR) is 105 cm³/mol. The molecule has 0 aromatic heterocycles. The summed E-state index contributed by atoms with van der Waals surface area (Å²) < 4.78 is 0. The number of primary amides is 1. The Labute approximate surface area is 160 Å². The molecule has 0 bridgehead atoms. The molecule has 4 rings (SSSR count). The van der Waals surface area contributed by atoms with Crippen molar-refractivity contribution in [2.45, 2.75) is 56.8 Å². The van der Waals surface area contributed by atoms with Gasteiger partial charge in [-0.15, -0.1) is 0 Å². The number of fused-ring (bicyclic) bond motifs is 3. The first kappa shape index (κ1) is 17.9. The summed E-state index contributed by atoms with van der Waals surface area (Å²) in [4.78, 5) is 11.1. The van der Waals surface area contributed by atoms with Crippen LogP contribution in [0.25, 0.3) is 0 Å². The SMILES string of the molecule is NC(=O)CCc1cc2c(cc1O)C1CCCCC1C(c1ccc(O)cc1)C2. The lowest BCUT2D eigenvalue weighted by molar-refractivity contribution is -0.117. The number of phenols is 2. The number of aryl methyl sites for hydroxylation is 1. The largest absolute Gasteiger partial charge is 0.508 e. The van der Waals surface area contributed by atoms with E-state index in [1.165, 1.54) is 36.0 Å². The predicted octanol–water partition coefficient (Wildman–Crippen LogP) is 4.13. The third kappa shape index (κ3) is 3.53. The van der Waals surface area contributed by atoms with Crippen LogP contribution >= 0.6 is 0 Å². The van der Waals surface area contributed by atoms with E-state index in [0.29, 0.717) is 35.7 Å². The molecule has 2 aromatic carbocycles. The zero-order chi connectivity index (χ0) is 19.0. The molecule has 2 aromatic rings. The molecule has 0 radical (unpaired) electrons. The lowest BCUT2D eigenvalue weighted by Crippen LogP contribution is -2.31. The number of nitrogens with two attached hydrogens (primary N) is 1. The Hall–Kier alpha value is -2.49. The van der Waals surface area contributed by atoms with Crippen LogP contribution in [-0.2, 0) is 17.6 Å². The summed E-state index contributed by atoms with van der Waals surface area (Å²) >= 11 is 0. The molecule has 1 fully saturated rings. The number of amides is 1. The van der Waals surface area contributed by atoms with Crippen LogP contribution in [-0.4, -0.2) is 16.1 Å². The van der Waals surface area contributed by atoms with Gasteiger partial charge < -0.3 is 15.9 Å². The Morgan fingerprint density at radius 1 is 1.04 bits per heavy atom. The lowest BCUT2D eigenvalue weighted by Gasteiger charge is -2.43. The maximum atomic E-state index is 11.1. The van der Waals surface area contributed by atoms with Crippen LogP contribution in [0.3, 0.4) is 0 Å². The van der Waals surface area contributed by atoms with E-state index in [9.17, 15) is 15.0 Å². The molecule has 4 nitrogen and oxygen atoms in total. The molecule has 0 heterocycles. The highest BCUT2D eigenvalue weighted by Crippen LogP contribution is 2.52. The van der Waals surface area contributed by atoms with Crippen LogP contribution in [0.1, 0.15) is 66.2 Å². The first-order valence-electron chi connectivity index (χ1n) is 9.95. The van der Waals surface area contributed by atoms with Gasteiger partial charge in [0, 0.05) is 6.42 Å². The van der Waals surface area contributed by atoms with Gasteiger partial charge in [0.15, 0.2) is 0 Å². The van der Waals surface area contributed by atoms with Crippen molar-refractivity contribution in [1.82, 2.24) is 0 Å². The zero-order valence-electron chi connectivity index (χ0n) is 15.5. The average Bonchev–Trinajstić information content (AvgIpc) is 2.67. The fourth-order valence-corrected chi connectivity index (χ4v) is 5.18. The number of carbonyl (C=O) groups is 1. The van der Waals surface area contributed by atoms with E-state index in [-0.39, 0.29) is 12.3 Å². The van der Waals surface area contributed by atoms with Crippen molar-refractivity contribution in [3.05, 3.63) is 58.7 Å². The third-order valence-corrected chi connectivity index (χ3v) is 6.48. The zero-order valence-corrected chi connectivity index (χ0v) is 15.5. The standard InChI is InChI=1S/C23H27NO3/c24-23(27)10-7-15-11-16-12-20(14-5-8-17(25)9-6-14)18-3-1-2-4-19(18)21(16)13-22(15)26/h5-6,8-9,11,13,18-20,25-26H,1-4,7,10,12H2,(H2,24,27). The van der Waals surface area contributed by atoms with E-state index in [4.69, 9.17) is 5.73 Å². The molecule has 2 aliphatic rings. The minimum atomic E-state index is -0.346. The molecule has 0 aliphatic heterocycles. The fourth-order valence-electron chi connectivity index (χ4n) is 5.18. The summed E-state index contributed by atoms with van der Waals surface area (Å²) in [6, 6.07) is 11.7. The first-order valence-corrected chi connectivity index (χ1v) is 9.95. The number of rotatable bonds is 4. The van der Waals surface area contributed by atoms with E-state index in [2.05, 4.69) is 6.07 Å². The van der Waals surface area contributed by atoms with Crippen molar-refractivity contribution < 1.29 is 15.0 Å². The second kappa shape index (κ2) is 7.26. The molecule has 0 saturated heterocycles. The van der Waals surface area contributed by atoms with E-state index >= 15 is 0 Å². The van der Waals surface area contributed by atoms with Gasteiger partial charge in [-0.2, -0.15) is 0 Å². The van der Waals surface area contributed by atoms with Crippen molar-refractivity contribution in [2.75, 3.05) is 0 Å². The van der Waals surface area contributed by atoms with Crippen LogP contribution in [0.15, 0.2) is 36.4 Å². The van der Waals surface area contributed by atoms with E-state index in [0.717, 1.165) is 18.4 Å². The Balaban J connectivity index is 1.72. The summed E-state index contributed by atoms with van der Waals surface area (Å²) in [5, 5.41) is 20.2. The number of aromatic hydroxyl groups is 2. The fraction of sp³-hybridized carbons (Fsp3) is 0.435. The first-order chi connectivity index (χ1) is 13.0. The minimum Gasteiger partial charge on any atom is -0.508 e. The third-order valence-electron chi connectivity index (χ3n) is 6.48. The second-order valence-corrected chi connectivity index (χ2v) is 8.10. The maximum Gasteiger partial charge on any atom is 0.217 e. The van der Waals surface area contributed by atoms with Crippen molar-refractivity contribution in [1.29, 1.82) is 0 Å². The van der Waals surface area contributed by atoms with Crippen molar-refractivity contribution in [2.24, 2.45) is 11.7 Å². The van der Waals surface area contributed by atoms with Crippen LogP contribution in [0.5, 0.6) is 11.5 Å². The van der Waals surface area contributed by atoms with Gasteiger partial charge >= 0.3 is 0 Å². The van der Waals surface area contributed by atoms with Gasteiger partial charge in [-0.1, -0.05) is 31.0 Å². The monoisotopic (exact) mass is 365 g/mol. The Morgan fingerprint density at radius 2 is 1.78 bits per heavy atom. The van der Waals surface area contributed by atoms with Crippen LogP contribution in [0.4, 0.5) is 0 Å². The Morgan fingerprint density at radius 3 is 2.52 bits per heavy atom. The van der Waals surface area contributed by atoms with E-state index in [1.54, 1.807) is 12.1 Å². The minimum absolute atomic E-state index is 0.250. The molecule has 142 valence electrons. The molecule has 1 amide bonds.